The number of carbonyl (C=O) groups is 1. The molecule has 3 heterocycles. The zero-order valence-corrected chi connectivity index (χ0v) is 13.9. The average molecular weight is 347 g/mol. The van der Waals surface area contributed by atoms with Crippen LogP contribution in [0.3, 0.4) is 0 Å². The first-order valence-electron chi connectivity index (χ1n) is 7.68. The molecule has 1 aliphatic rings. The standard InChI is InChI=1S/C16H17N3O4S/c1-11(23-13-6-2-8-17-15(13)19(21)22)16(20)18-9-3-5-12(18)14-7-4-10-24-14/h2,4,6-8,10-12H,3,5,9H2,1H3/t11-,12+/m0/s1. The summed E-state index contributed by atoms with van der Waals surface area (Å²) >= 11 is 1.63. The van der Waals surface area contributed by atoms with Gasteiger partial charge in [-0.05, 0) is 53.3 Å². The van der Waals surface area contributed by atoms with Crippen LogP contribution in [-0.4, -0.2) is 33.4 Å². The highest BCUT2D eigenvalue weighted by Gasteiger charge is 2.34. The van der Waals surface area contributed by atoms with Crippen molar-refractivity contribution in [3.63, 3.8) is 0 Å². The molecule has 8 heteroatoms. The summed E-state index contributed by atoms with van der Waals surface area (Å²) in [5, 5.41) is 13.0. The van der Waals surface area contributed by atoms with Crippen LogP contribution in [0, 0.1) is 10.1 Å². The molecule has 1 aliphatic heterocycles. The van der Waals surface area contributed by atoms with Gasteiger partial charge >= 0.3 is 5.82 Å². The quantitative estimate of drug-likeness (QED) is 0.612. The normalized spacial score (nSPS) is 18.4. The summed E-state index contributed by atoms with van der Waals surface area (Å²) in [5.41, 5.74) is 0. The van der Waals surface area contributed by atoms with Crippen LogP contribution in [0.1, 0.15) is 30.7 Å². The summed E-state index contributed by atoms with van der Waals surface area (Å²) < 4.78 is 5.55. The van der Waals surface area contributed by atoms with E-state index in [-0.39, 0.29) is 23.5 Å². The van der Waals surface area contributed by atoms with Gasteiger partial charge in [0.25, 0.3) is 5.91 Å². The molecule has 0 aromatic carbocycles. The number of aromatic nitrogens is 1. The van der Waals surface area contributed by atoms with E-state index >= 15 is 0 Å². The minimum atomic E-state index is -0.812. The Morgan fingerprint density at radius 1 is 1.50 bits per heavy atom. The Morgan fingerprint density at radius 3 is 3.04 bits per heavy atom. The number of nitro groups is 1. The number of carbonyl (C=O) groups excluding carboxylic acids is 1. The molecule has 3 rings (SSSR count). The minimum absolute atomic E-state index is 0.00946. The van der Waals surface area contributed by atoms with E-state index in [1.54, 1.807) is 29.2 Å². The number of pyridine rings is 1. The molecule has 24 heavy (non-hydrogen) atoms. The zero-order valence-electron chi connectivity index (χ0n) is 13.1. The lowest BCUT2D eigenvalue weighted by Gasteiger charge is -2.27. The molecular weight excluding hydrogens is 330 g/mol. The van der Waals surface area contributed by atoms with Crippen LogP contribution in [0.4, 0.5) is 5.82 Å². The van der Waals surface area contributed by atoms with Gasteiger partial charge in [0.1, 0.15) is 6.20 Å². The molecule has 0 unspecified atom stereocenters. The highest BCUT2D eigenvalue weighted by Crippen LogP contribution is 2.35. The lowest BCUT2D eigenvalue weighted by Crippen LogP contribution is -2.40. The largest absolute Gasteiger partial charge is 0.473 e. The second kappa shape index (κ2) is 6.96. The number of amides is 1. The Labute approximate surface area is 143 Å². The number of hydrogen-bond donors (Lipinski definition) is 0. The first-order chi connectivity index (χ1) is 11.6. The molecule has 2 aromatic rings. The molecule has 0 saturated carbocycles. The summed E-state index contributed by atoms with van der Waals surface area (Å²) in [5.74, 6) is -0.535. The van der Waals surface area contributed by atoms with E-state index in [1.807, 2.05) is 17.5 Å². The van der Waals surface area contributed by atoms with Gasteiger partial charge in [-0.25, -0.2) is 0 Å². The van der Waals surface area contributed by atoms with Crippen LogP contribution in [0.2, 0.25) is 0 Å². The monoisotopic (exact) mass is 347 g/mol. The van der Waals surface area contributed by atoms with Crippen molar-refractivity contribution >= 4 is 23.1 Å². The number of hydrogen-bond acceptors (Lipinski definition) is 6. The molecule has 7 nitrogen and oxygen atoms in total. The van der Waals surface area contributed by atoms with E-state index in [0.29, 0.717) is 6.54 Å². The average Bonchev–Trinajstić information content (AvgIpc) is 3.25. The van der Waals surface area contributed by atoms with E-state index in [0.717, 1.165) is 17.7 Å². The summed E-state index contributed by atoms with van der Waals surface area (Å²) in [6.07, 6.45) is 2.37. The smallest absolute Gasteiger partial charge is 0.406 e. The summed E-state index contributed by atoms with van der Waals surface area (Å²) in [6, 6.07) is 7.06. The second-order valence-corrected chi connectivity index (χ2v) is 6.53. The first-order valence-corrected chi connectivity index (χ1v) is 8.56. The third kappa shape index (κ3) is 3.23. The third-order valence-electron chi connectivity index (χ3n) is 3.98. The SMILES string of the molecule is C[C@H](Oc1cccnc1[N+](=O)[O-])C(=O)N1CCC[C@@H]1c1cccs1. The van der Waals surface area contributed by atoms with Crippen molar-refractivity contribution in [2.75, 3.05) is 6.54 Å². The van der Waals surface area contributed by atoms with Gasteiger partial charge in [0.2, 0.25) is 5.75 Å². The Morgan fingerprint density at radius 2 is 2.33 bits per heavy atom. The Hall–Kier alpha value is -2.48. The summed E-state index contributed by atoms with van der Waals surface area (Å²) in [4.78, 5) is 29.8. The highest BCUT2D eigenvalue weighted by molar-refractivity contribution is 7.10. The number of ether oxygens (including phenoxy) is 1. The van der Waals surface area contributed by atoms with Crippen molar-refractivity contribution in [1.82, 2.24) is 9.88 Å². The maximum absolute atomic E-state index is 12.8. The van der Waals surface area contributed by atoms with Gasteiger partial charge < -0.3 is 19.8 Å². The van der Waals surface area contributed by atoms with Crippen LogP contribution in [-0.2, 0) is 4.79 Å². The van der Waals surface area contributed by atoms with Gasteiger partial charge in [0, 0.05) is 11.4 Å². The van der Waals surface area contributed by atoms with Crippen molar-refractivity contribution in [2.45, 2.75) is 31.9 Å². The van der Waals surface area contributed by atoms with Crippen molar-refractivity contribution in [2.24, 2.45) is 0 Å². The molecule has 2 atom stereocenters. The minimum Gasteiger partial charge on any atom is -0.473 e. The van der Waals surface area contributed by atoms with Gasteiger partial charge in [-0.1, -0.05) is 6.07 Å². The van der Waals surface area contributed by atoms with Crippen LogP contribution in [0.15, 0.2) is 35.8 Å². The molecule has 0 N–H and O–H groups in total. The Balaban J connectivity index is 1.74. The van der Waals surface area contributed by atoms with Gasteiger partial charge in [-0.15, -0.1) is 11.3 Å². The number of nitrogens with zero attached hydrogens (tertiary/aromatic N) is 3. The molecule has 2 aromatic heterocycles. The van der Waals surface area contributed by atoms with Gasteiger partial charge in [0.15, 0.2) is 6.10 Å². The van der Waals surface area contributed by atoms with Crippen LogP contribution in [0.5, 0.6) is 5.75 Å². The fourth-order valence-corrected chi connectivity index (χ4v) is 3.77. The van der Waals surface area contributed by atoms with Crippen molar-refractivity contribution in [3.05, 3.63) is 50.8 Å². The number of thiophene rings is 1. The molecule has 126 valence electrons. The van der Waals surface area contributed by atoms with Gasteiger partial charge in [-0.3, -0.25) is 4.79 Å². The molecule has 1 saturated heterocycles. The third-order valence-corrected chi connectivity index (χ3v) is 4.96. The Bertz CT molecular complexity index is 735. The predicted octanol–water partition coefficient (Wildman–Crippen LogP) is 3.18. The van der Waals surface area contributed by atoms with Crippen molar-refractivity contribution < 1.29 is 14.5 Å². The molecular formula is C16H17N3O4S. The summed E-state index contributed by atoms with van der Waals surface area (Å²) in [6.45, 7) is 2.28. The lowest BCUT2D eigenvalue weighted by molar-refractivity contribution is -0.390. The van der Waals surface area contributed by atoms with Gasteiger partial charge in [-0.2, -0.15) is 0 Å². The maximum Gasteiger partial charge on any atom is 0.406 e. The molecule has 1 fully saturated rings. The maximum atomic E-state index is 12.8. The Kier molecular flexibility index (Phi) is 4.75. The molecule has 1 amide bonds. The first kappa shape index (κ1) is 16.4. The highest BCUT2D eigenvalue weighted by atomic mass is 32.1. The van der Waals surface area contributed by atoms with Crippen LogP contribution >= 0.6 is 11.3 Å². The topological polar surface area (TPSA) is 85.6 Å². The molecule has 0 aliphatic carbocycles. The van der Waals surface area contributed by atoms with Crippen LogP contribution in [0.25, 0.3) is 0 Å². The number of rotatable bonds is 5. The van der Waals surface area contributed by atoms with E-state index in [9.17, 15) is 14.9 Å². The molecule has 0 spiro atoms. The fourth-order valence-electron chi connectivity index (χ4n) is 2.89. The van der Waals surface area contributed by atoms with E-state index in [4.69, 9.17) is 4.74 Å². The van der Waals surface area contributed by atoms with Crippen molar-refractivity contribution in [3.8, 4) is 5.75 Å². The van der Waals surface area contributed by atoms with Gasteiger partial charge in [0.05, 0.1) is 6.04 Å². The number of likely N-dealkylation sites (tertiary alicyclic amines) is 1. The lowest BCUT2D eigenvalue weighted by atomic mass is 10.2. The second-order valence-electron chi connectivity index (χ2n) is 5.55. The zero-order chi connectivity index (χ0) is 17.1. The summed E-state index contributed by atoms with van der Waals surface area (Å²) in [7, 11) is 0. The van der Waals surface area contributed by atoms with Crippen molar-refractivity contribution in [1.29, 1.82) is 0 Å². The van der Waals surface area contributed by atoms with Crippen LogP contribution < -0.4 is 4.74 Å². The van der Waals surface area contributed by atoms with E-state index in [2.05, 4.69) is 4.98 Å². The fraction of sp³-hybridized carbons (Fsp3) is 0.375. The van der Waals surface area contributed by atoms with E-state index in [1.165, 1.54) is 12.3 Å². The molecule has 0 radical (unpaired) electrons. The van der Waals surface area contributed by atoms with E-state index < -0.39 is 11.0 Å². The molecule has 0 bridgehead atoms. The predicted molar refractivity (Wildman–Crippen MR) is 89.0 cm³/mol.